The van der Waals surface area contributed by atoms with Crippen LogP contribution in [0.4, 0.5) is 0 Å². The van der Waals surface area contributed by atoms with E-state index in [1.54, 1.807) is 0 Å². The Morgan fingerprint density at radius 3 is 1.07 bits per heavy atom. The Morgan fingerprint density at radius 2 is 1.07 bits per heavy atom. The normalized spacial score (nSPS) is 8.40. The van der Waals surface area contributed by atoms with Crippen molar-refractivity contribution in [2.45, 2.75) is 61.0 Å². The second kappa shape index (κ2) is 17.4. The van der Waals surface area contributed by atoms with Gasteiger partial charge in [0.2, 0.25) is 0 Å². The van der Waals surface area contributed by atoms with Crippen molar-refractivity contribution in [1.29, 1.82) is 0 Å². The van der Waals surface area contributed by atoms with E-state index < -0.39 is 14.5 Å². The first-order valence-corrected chi connectivity index (χ1v) is 10.8. The van der Waals surface area contributed by atoms with Crippen LogP contribution in [0, 0.1) is 0 Å². The zero-order chi connectivity index (χ0) is 11.4. The maximum Gasteiger partial charge on any atom is 0.460 e. The van der Waals surface area contributed by atoms with Crippen LogP contribution >= 0.6 is 0 Å². The van der Waals surface area contributed by atoms with Crippen molar-refractivity contribution in [3.05, 3.63) is 0 Å². The summed E-state index contributed by atoms with van der Waals surface area (Å²) in [4.78, 5) is 0. The van der Waals surface area contributed by atoms with Crippen molar-refractivity contribution in [1.82, 2.24) is 0 Å². The molecular weight excluding hydrogens is 218 g/mol. The van der Waals surface area contributed by atoms with E-state index >= 15 is 0 Å². The summed E-state index contributed by atoms with van der Waals surface area (Å²) in [6, 6.07) is 0. The minimum Gasteiger partial charge on any atom is -0.503 e. The van der Waals surface area contributed by atoms with Crippen molar-refractivity contribution in [2.75, 3.05) is 7.11 Å². The van der Waals surface area contributed by atoms with E-state index in [1.165, 1.54) is 26.4 Å². The van der Waals surface area contributed by atoms with Gasteiger partial charge in [0, 0.05) is 7.11 Å². The third-order valence-corrected chi connectivity index (χ3v) is 8.93. The summed E-state index contributed by atoms with van der Waals surface area (Å²) in [7, 11) is 1.82. The summed E-state index contributed by atoms with van der Waals surface area (Å²) < 4.78 is 5.19. The lowest BCUT2D eigenvalue weighted by molar-refractivity contribution is 0.420. The van der Waals surface area contributed by atoms with Crippen molar-refractivity contribution in [3.8, 4) is 0 Å². The lowest BCUT2D eigenvalue weighted by Crippen LogP contribution is -2.11. The first kappa shape index (κ1) is 21.3. The summed E-state index contributed by atoms with van der Waals surface area (Å²) in [6.07, 6.45) is 0. The molecule has 0 rings (SSSR count). The van der Waals surface area contributed by atoms with Crippen LogP contribution < -0.4 is 0 Å². The predicted molar refractivity (Wildman–Crippen MR) is 74.5 cm³/mol. The maximum atomic E-state index is 5.19. The molecule has 4 heteroatoms. The van der Waals surface area contributed by atoms with Crippen LogP contribution in [0.3, 0.4) is 0 Å². The second-order valence-electron chi connectivity index (χ2n) is 3.76. The van der Waals surface area contributed by atoms with Gasteiger partial charge >= 0.3 is 14.5 Å². The van der Waals surface area contributed by atoms with E-state index in [4.69, 9.17) is 3.79 Å². The lowest BCUT2D eigenvalue weighted by Gasteiger charge is -1.99. The molecule has 0 unspecified atom stereocenters. The number of hydrogen-bond acceptors (Lipinski definition) is 1. The molecule has 2 nitrogen and oxygen atoms in total. The van der Waals surface area contributed by atoms with Crippen LogP contribution in [0.1, 0.15) is 34.6 Å². The lowest BCUT2D eigenvalue weighted by atomic mass is 10.9. The van der Waals surface area contributed by atoms with Gasteiger partial charge in [-0.3, -0.25) is 0 Å². The quantitative estimate of drug-likeness (QED) is 0.664. The summed E-state index contributed by atoms with van der Waals surface area (Å²) in [5, 5.41) is 7.02. The highest BCUT2D eigenvalue weighted by Crippen LogP contribution is 2.01. The molecule has 2 N–H and O–H groups in total. The summed E-state index contributed by atoms with van der Waals surface area (Å²) in [5.74, 6) is 0. The molecule has 0 aromatic carbocycles. The van der Waals surface area contributed by atoms with Gasteiger partial charge in [-0.1, -0.05) is 61.0 Å². The van der Waals surface area contributed by atoms with E-state index in [1.807, 2.05) is 7.11 Å². The minimum atomic E-state index is -0.671. The Labute approximate surface area is 106 Å². The highest BCUT2D eigenvalue weighted by molar-refractivity contribution is 6.58. The molecule has 0 atom stereocenters. The molecule has 0 saturated heterocycles. The fourth-order valence-corrected chi connectivity index (χ4v) is 4.46. The average Bonchev–Trinajstić information content (AvgIpc) is 2.24. The molecule has 0 radical (unpaired) electrons. The molecule has 0 aliphatic rings. The van der Waals surface area contributed by atoms with Gasteiger partial charge in [-0.15, -0.1) is 0 Å². The van der Waals surface area contributed by atoms with E-state index in [2.05, 4.69) is 34.6 Å². The molecule has 0 amide bonds. The summed E-state index contributed by atoms with van der Waals surface area (Å²) in [5.41, 5.74) is 0. The molecule has 0 fully saturated rings. The Kier molecular flexibility index (Phi) is 24.7. The SMILES string of the molecule is C[CH2][Al]([CH2]C)[CH2]C.C[CH2][Al]([CH2]C)[O]C.O. The van der Waals surface area contributed by atoms with E-state index in [0.29, 0.717) is 0 Å². The van der Waals surface area contributed by atoms with Gasteiger partial charge < -0.3 is 9.26 Å². The van der Waals surface area contributed by atoms with Crippen LogP contribution in [0.2, 0.25) is 26.4 Å². The van der Waals surface area contributed by atoms with Crippen LogP contribution in [-0.4, -0.2) is 41.2 Å². The fourth-order valence-electron chi connectivity index (χ4n) is 1.49. The molecule has 0 heterocycles. The third kappa shape index (κ3) is 15.0. The molecule has 0 saturated carbocycles. The molecule has 0 aromatic heterocycles. The molecule has 0 spiro atoms. The van der Waals surface area contributed by atoms with Crippen molar-refractivity contribution in [2.24, 2.45) is 0 Å². The van der Waals surface area contributed by atoms with Crippen LogP contribution in [0.5, 0.6) is 0 Å². The maximum absolute atomic E-state index is 5.19. The smallest absolute Gasteiger partial charge is 0.460 e. The fraction of sp³-hybridized carbons (Fsp3) is 1.00. The monoisotopic (exact) mass is 248 g/mol. The van der Waals surface area contributed by atoms with E-state index in [-0.39, 0.29) is 19.6 Å². The molecule has 0 aliphatic heterocycles. The van der Waals surface area contributed by atoms with Gasteiger partial charge in [0.25, 0.3) is 14.1 Å². The topological polar surface area (TPSA) is 40.7 Å². The highest BCUT2D eigenvalue weighted by Gasteiger charge is 2.10. The van der Waals surface area contributed by atoms with Gasteiger partial charge in [-0.25, -0.2) is 0 Å². The Hall–Kier alpha value is 0.985. The van der Waals surface area contributed by atoms with Crippen molar-refractivity contribution < 1.29 is 9.26 Å². The Balaban J connectivity index is -0.000000180. The summed E-state index contributed by atoms with van der Waals surface area (Å²) in [6.45, 7) is 11.4. The predicted octanol–water partition coefficient (Wildman–Crippen LogP) is 3.38. The van der Waals surface area contributed by atoms with Gasteiger partial charge in [-0.2, -0.15) is 0 Å². The molecule has 15 heavy (non-hydrogen) atoms. The molecule has 0 aromatic rings. The first-order valence-electron chi connectivity index (χ1n) is 6.22. The van der Waals surface area contributed by atoms with Crippen LogP contribution in [-0.2, 0) is 3.79 Å². The largest absolute Gasteiger partial charge is 0.503 e. The Morgan fingerprint density at radius 1 is 0.733 bits per heavy atom. The highest BCUT2D eigenvalue weighted by atomic mass is 27.2. The van der Waals surface area contributed by atoms with Gasteiger partial charge in [0.15, 0.2) is 0 Å². The van der Waals surface area contributed by atoms with Crippen molar-refractivity contribution >= 4 is 28.6 Å². The molecule has 0 aliphatic carbocycles. The zero-order valence-electron chi connectivity index (χ0n) is 11.6. The van der Waals surface area contributed by atoms with Crippen LogP contribution in [0.15, 0.2) is 0 Å². The third-order valence-electron chi connectivity index (χ3n) is 2.98. The zero-order valence-corrected chi connectivity index (χ0v) is 13.9. The Bertz CT molecular complexity index is 71.6. The first-order chi connectivity index (χ1) is 6.69. The molecule has 92 valence electrons. The van der Waals surface area contributed by atoms with Gasteiger partial charge in [0.05, 0.1) is 0 Å². The standard InChI is InChI=1S/5C2H5.CH3O.2Al.H2O/c6*1-2;;;/h5*1H2,2H3;1H3;;;1H2/q;;;;;-1;;+1;. The van der Waals surface area contributed by atoms with Gasteiger partial charge in [0.1, 0.15) is 0 Å². The average molecular weight is 248 g/mol. The van der Waals surface area contributed by atoms with Gasteiger partial charge in [-0.05, 0) is 0 Å². The number of rotatable bonds is 6. The van der Waals surface area contributed by atoms with Crippen molar-refractivity contribution in [3.63, 3.8) is 0 Å². The van der Waals surface area contributed by atoms with E-state index in [9.17, 15) is 0 Å². The molecular formula is C11H30Al2O2. The van der Waals surface area contributed by atoms with E-state index in [0.717, 1.165) is 0 Å². The minimum absolute atomic E-state index is 0. The van der Waals surface area contributed by atoms with Crippen LogP contribution in [0.25, 0.3) is 0 Å². The second-order valence-corrected chi connectivity index (χ2v) is 11.3. The number of hydrogen-bond donors (Lipinski definition) is 0. The molecule has 0 bridgehead atoms. The summed E-state index contributed by atoms with van der Waals surface area (Å²) >= 11 is -0.843.